The highest BCUT2D eigenvalue weighted by atomic mass is 35.5. The number of likely N-dealkylation sites (N-methyl/N-ethyl adjacent to an activating group) is 1. The van der Waals surface area contributed by atoms with Crippen LogP contribution in [0.2, 0.25) is 5.02 Å². The monoisotopic (exact) mass is 430 g/mol. The summed E-state index contributed by atoms with van der Waals surface area (Å²) in [7, 11) is 3.98. The van der Waals surface area contributed by atoms with Crippen molar-refractivity contribution in [1.82, 2.24) is 10.2 Å². The first-order chi connectivity index (χ1) is 14.1. The minimum absolute atomic E-state index is 0.287. The zero-order valence-electron chi connectivity index (χ0n) is 18.5. The molecule has 7 heteroatoms. The van der Waals surface area contributed by atoms with Gasteiger partial charge in [-0.2, -0.15) is 0 Å². The largest absolute Gasteiger partial charge is 0.394 e. The summed E-state index contributed by atoms with van der Waals surface area (Å²) in [6.45, 7) is 9.05. The van der Waals surface area contributed by atoms with Gasteiger partial charge in [-0.25, -0.2) is 4.79 Å². The molecule has 0 bridgehead atoms. The summed E-state index contributed by atoms with van der Waals surface area (Å²) in [5.41, 5.74) is 3.70. The van der Waals surface area contributed by atoms with Gasteiger partial charge in [0.25, 0.3) is 0 Å². The van der Waals surface area contributed by atoms with Gasteiger partial charge in [0.2, 0.25) is 0 Å². The fourth-order valence-corrected chi connectivity index (χ4v) is 2.91. The van der Waals surface area contributed by atoms with E-state index in [9.17, 15) is 4.79 Å². The molecule has 6 nitrogen and oxygen atoms in total. The van der Waals surface area contributed by atoms with E-state index in [0.717, 1.165) is 28.9 Å². The SMILES string of the molecule is C/C(=N\OCCN(C)C)c1cccc(C(C)(C)NC(=O)Nc2ccc(Cl)c(C)c2)c1. The van der Waals surface area contributed by atoms with Gasteiger partial charge >= 0.3 is 6.03 Å². The molecule has 0 radical (unpaired) electrons. The second kappa shape index (κ2) is 10.5. The maximum absolute atomic E-state index is 12.5. The molecule has 0 aliphatic carbocycles. The standard InChI is InChI=1S/C23H31ClN4O2/c1-16-14-20(10-11-21(16)24)25-22(29)26-23(3,4)19-9-7-8-18(15-19)17(2)27-30-13-12-28(5)6/h7-11,14-15H,12-13H2,1-6H3,(H2,25,26,29)/b27-17+. The Morgan fingerprint density at radius 2 is 1.93 bits per heavy atom. The number of hydrogen-bond acceptors (Lipinski definition) is 4. The minimum atomic E-state index is -0.590. The first-order valence-electron chi connectivity index (χ1n) is 9.86. The molecule has 0 fully saturated rings. The maximum Gasteiger partial charge on any atom is 0.319 e. The van der Waals surface area contributed by atoms with E-state index in [-0.39, 0.29) is 6.03 Å². The average molecular weight is 431 g/mol. The summed E-state index contributed by atoms with van der Waals surface area (Å²) in [5.74, 6) is 0. The Bertz CT molecular complexity index is 910. The summed E-state index contributed by atoms with van der Waals surface area (Å²) in [4.78, 5) is 20.0. The number of aryl methyl sites for hydroxylation is 1. The first kappa shape index (κ1) is 23.7. The van der Waals surface area contributed by atoms with Crippen LogP contribution in [0.15, 0.2) is 47.6 Å². The summed E-state index contributed by atoms with van der Waals surface area (Å²) in [6, 6.07) is 13.0. The molecule has 2 N–H and O–H groups in total. The van der Waals surface area contributed by atoms with Gasteiger partial charge in [-0.05, 0) is 82.7 Å². The van der Waals surface area contributed by atoms with Gasteiger partial charge in [-0.15, -0.1) is 0 Å². The molecule has 0 heterocycles. The van der Waals surface area contributed by atoms with Crippen molar-refractivity contribution in [2.24, 2.45) is 5.16 Å². The van der Waals surface area contributed by atoms with Crippen LogP contribution in [-0.2, 0) is 10.4 Å². The lowest BCUT2D eigenvalue weighted by Gasteiger charge is -2.27. The van der Waals surface area contributed by atoms with Crippen LogP contribution in [0.3, 0.4) is 0 Å². The number of hydrogen-bond donors (Lipinski definition) is 2. The van der Waals surface area contributed by atoms with Gasteiger partial charge in [-0.3, -0.25) is 0 Å². The summed E-state index contributed by atoms with van der Waals surface area (Å²) < 4.78 is 0. The van der Waals surface area contributed by atoms with E-state index in [1.165, 1.54) is 0 Å². The second-order valence-electron chi connectivity index (χ2n) is 8.06. The third-order valence-corrected chi connectivity index (χ3v) is 5.10. The maximum atomic E-state index is 12.5. The summed E-state index contributed by atoms with van der Waals surface area (Å²) >= 11 is 6.05. The number of carbonyl (C=O) groups is 1. The number of oxime groups is 1. The van der Waals surface area contributed by atoms with E-state index in [4.69, 9.17) is 16.4 Å². The van der Waals surface area contributed by atoms with Crippen LogP contribution in [0.1, 0.15) is 37.5 Å². The number of benzene rings is 2. The number of halogens is 1. The van der Waals surface area contributed by atoms with Crippen molar-refractivity contribution < 1.29 is 9.63 Å². The van der Waals surface area contributed by atoms with Crippen molar-refractivity contribution in [2.75, 3.05) is 32.6 Å². The van der Waals surface area contributed by atoms with Crippen LogP contribution in [0.25, 0.3) is 0 Å². The van der Waals surface area contributed by atoms with Gasteiger partial charge in [0.1, 0.15) is 6.61 Å². The molecular formula is C23H31ClN4O2. The molecule has 0 unspecified atom stereocenters. The quantitative estimate of drug-likeness (QED) is 0.351. The molecule has 0 aromatic heterocycles. The van der Waals surface area contributed by atoms with E-state index < -0.39 is 5.54 Å². The predicted octanol–water partition coefficient (Wildman–Crippen LogP) is 5.01. The van der Waals surface area contributed by atoms with Gasteiger partial charge in [-0.1, -0.05) is 35.0 Å². The molecule has 2 amide bonds. The van der Waals surface area contributed by atoms with Crippen molar-refractivity contribution >= 4 is 29.0 Å². The molecule has 0 saturated heterocycles. The lowest BCUT2D eigenvalue weighted by atomic mass is 9.92. The Hall–Kier alpha value is -2.57. The molecule has 0 aliphatic rings. The predicted molar refractivity (Wildman–Crippen MR) is 125 cm³/mol. The number of anilines is 1. The third-order valence-electron chi connectivity index (χ3n) is 4.68. The van der Waals surface area contributed by atoms with Crippen LogP contribution in [0, 0.1) is 6.92 Å². The van der Waals surface area contributed by atoms with Crippen LogP contribution < -0.4 is 10.6 Å². The molecular weight excluding hydrogens is 400 g/mol. The van der Waals surface area contributed by atoms with Crippen molar-refractivity contribution in [3.05, 3.63) is 64.2 Å². The molecule has 30 heavy (non-hydrogen) atoms. The molecule has 2 aromatic carbocycles. The molecule has 0 saturated carbocycles. The highest BCUT2D eigenvalue weighted by Crippen LogP contribution is 2.23. The number of nitrogens with zero attached hydrogens (tertiary/aromatic N) is 2. The van der Waals surface area contributed by atoms with E-state index in [0.29, 0.717) is 17.3 Å². The lowest BCUT2D eigenvalue weighted by molar-refractivity contribution is 0.126. The first-order valence-corrected chi connectivity index (χ1v) is 10.2. The molecule has 2 rings (SSSR count). The number of amides is 2. The Balaban J connectivity index is 2.06. The minimum Gasteiger partial charge on any atom is -0.394 e. The average Bonchev–Trinajstić information content (AvgIpc) is 2.67. The summed E-state index contributed by atoms with van der Waals surface area (Å²) in [5, 5.41) is 10.8. The molecule has 0 atom stereocenters. The van der Waals surface area contributed by atoms with Crippen LogP contribution in [-0.4, -0.2) is 43.9 Å². The Morgan fingerprint density at radius 3 is 2.60 bits per heavy atom. The van der Waals surface area contributed by atoms with E-state index in [1.807, 2.05) is 77.0 Å². The van der Waals surface area contributed by atoms with Crippen LogP contribution >= 0.6 is 11.6 Å². The Labute approximate surface area is 184 Å². The zero-order valence-corrected chi connectivity index (χ0v) is 19.3. The fourth-order valence-electron chi connectivity index (χ4n) is 2.79. The number of carbonyl (C=O) groups excluding carboxylic acids is 1. The van der Waals surface area contributed by atoms with Crippen molar-refractivity contribution in [3.8, 4) is 0 Å². The van der Waals surface area contributed by atoms with Crippen molar-refractivity contribution in [3.63, 3.8) is 0 Å². The number of nitrogens with one attached hydrogen (secondary N) is 2. The van der Waals surface area contributed by atoms with Gasteiger partial charge in [0.05, 0.1) is 11.3 Å². The summed E-state index contributed by atoms with van der Waals surface area (Å²) in [6.07, 6.45) is 0. The van der Waals surface area contributed by atoms with Crippen LogP contribution in [0.5, 0.6) is 0 Å². The smallest absolute Gasteiger partial charge is 0.319 e. The Kier molecular flexibility index (Phi) is 8.26. The molecule has 2 aromatic rings. The third kappa shape index (κ3) is 7.04. The van der Waals surface area contributed by atoms with E-state index in [1.54, 1.807) is 12.1 Å². The lowest BCUT2D eigenvalue weighted by Crippen LogP contribution is -2.43. The molecule has 0 aliphatic heterocycles. The molecule has 0 spiro atoms. The second-order valence-corrected chi connectivity index (χ2v) is 8.47. The highest BCUT2D eigenvalue weighted by Gasteiger charge is 2.23. The van der Waals surface area contributed by atoms with Gasteiger partial charge in [0, 0.05) is 17.3 Å². The molecule has 162 valence electrons. The zero-order chi connectivity index (χ0) is 22.3. The topological polar surface area (TPSA) is 66.0 Å². The number of rotatable bonds is 8. The van der Waals surface area contributed by atoms with Crippen molar-refractivity contribution in [1.29, 1.82) is 0 Å². The van der Waals surface area contributed by atoms with E-state index in [2.05, 4.69) is 15.8 Å². The van der Waals surface area contributed by atoms with Gasteiger partial charge < -0.3 is 20.4 Å². The van der Waals surface area contributed by atoms with E-state index >= 15 is 0 Å². The Morgan fingerprint density at radius 1 is 1.20 bits per heavy atom. The van der Waals surface area contributed by atoms with Crippen LogP contribution in [0.4, 0.5) is 10.5 Å². The highest BCUT2D eigenvalue weighted by molar-refractivity contribution is 6.31. The number of urea groups is 1. The normalized spacial score (nSPS) is 12.1. The van der Waals surface area contributed by atoms with Gasteiger partial charge in [0.15, 0.2) is 0 Å². The fraction of sp³-hybridized carbons (Fsp3) is 0.391. The van der Waals surface area contributed by atoms with Crippen molar-refractivity contribution in [2.45, 2.75) is 33.2 Å².